The normalized spacial score (nSPS) is 12.2. The lowest BCUT2D eigenvalue weighted by Gasteiger charge is -2.15. The number of hydrogen-bond acceptors (Lipinski definition) is 3. The molecule has 0 fully saturated rings. The summed E-state index contributed by atoms with van der Waals surface area (Å²) in [6, 6.07) is 14.1. The Kier molecular flexibility index (Phi) is 3.16. The second kappa shape index (κ2) is 5.13. The number of rotatable bonds is 3. The number of H-pyrrole nitrogens is 1. The second-order valence-electron chi connectivity index (χ2n) is 4.62. The number of benzene rings is 2. The van der Waals surface area contributed by atoms with Crippen molar-refractivity contribution in [1.29, 1.82) is 0 Å². The van der Waals surface area contributed by atoms with Gasteiger partial charge in [0.25, 0.3) is 5.91 Å². The zero-order valence-electron chi connectivity index (χ0n) is 11.0. The van der Waals surface area contributed by atoms with Crippen molar-refractivity contribution in [3.63, 3.8) is 0 Å². The minimum absolute atomic E-state index is 0.106. The van der Waals surface area contributed by atoms with E-state index in [2.05, 4.69) is 38.9 Å². The molecule has 0 aliphatic heterocycles. The molecule has 5 heteroatoms. The van der Waals surface area contributed by atoms with Gasteiger partial charge in [0.15, 0.2) is 5.69 Å². The van der Waals surface area contributed by atoms with Crippen LogP contribution in [0.4, 0.5) is 0 Å². The van der Waals surface area contributed by atoms with Gasteiger partial charge in [-0.1, -0.05) is 42.5 Å². The van der Waals surface area contributed by atoms with Crippen molar-refractivity contribution in [3.8, 4) is 0 Å². The number of amides is 1. The van der Waals surface area contributed by atoms with E-state index in [1.54, 1.807) is 0 Å². The van der Waals surface area contributed by atoms with Gasteiger partial charge in [0.2, 0.25) is 0 Å². The van der Waals surface area contributed by atoms with Gasteiger partial charge >= 0.3 is 0 Å². The number of nitrogens with one attached hydrogen (secondary N) is 2. The van der Waals surface area contributed by atoms with Crippen molar-refractivity contribution in [2.24, 2.45) is 0 Å². The van der Waals surface area contributed by atoms with E-state index in [4.69, 9.17) is 0 Å². The smallest absolute Gasteiger partial charge is 0.273 e. The molecule has 0 aliphatic rings. The van der Waals surface area contributed by atoms with Crippen LogP contribution < -0.4 is 5.32 Å². The minimum Gasteiger partial charge on any atom is -0.344 e. The van der Waals surface area contributed by atoms with Gasteiger partial charge < -0.3 is 5.32 Å². The van der Waals surface area contributed by atoms with Crippen LogP contribution in [0.15, 0.2) is 48.7 Å². The predicted molar refractivity (Wildman–Crippen MR) is 76.2 cm³/mol. The number of carbonyl (C=O) groups excluding carboxylic acids is 1. The van der Waals surface area contributed by atoms with E-state index in [1.165, 1.54) is 6.20 Å². The van der Waals surface area contributed by atoms with E-state index >= 15 is 0 Å². The molecule has 0 aliphatic carbocycles. The summed E-state index contributed by atoms with van der Waals surface area (Å²) in [6.45, 7) is 1.96. The largest absolute Gasteiger partial charge is 0.344 e. The molecular weight excluding hydrogens is 252 g/mol. The highest BCUT2D eigenvalue weighted by molar-refractivity contribution is 5.93. The number of nitrogens with zero attached hydrogens (tertiary/aromatic N) is 2. The van der Waals surface area contributed by atoms with Gasteiger partial charge in [-0.25, -0.2) is 0 Å². The maximum Gasteiger partial charge on any atom is 0.273 e. The maximum atomic E-state index is 12.0. The Balaban J connectivity index is 1.89. The first-order chi connectivity index (χ1) is 9.75. The molecule has 2 N–H and O–H groups in total. The Morgan fingerprint density at radius 2 is 2.00 bits per heavy atom. The summed E-state index contributed by atoms with van der Waals surface area (Å²) in [7, 11) is 0. The fourth-order valence-corrected chi connectivity index (χ4v) is 2.29. The van der Waals surface area contributed by atoms with Crippen LogP contribution in [0.25, 0.3) is 10.8 Å². The first kappa shape index (κ1) is 12.3. The molecule has 1 heterocycles. The molecule has 5 nitrogen and oxygen atoms in total. The topological polar surface area (TPSA) is 70.7 Å². The first-order valence-electron chi connectivity index (χ1n) is 6.40. The van der Waals surface area contributed by atoms with Crippen molar-refractivity contribution < 1.29 is 4.79 Å². The van der Waals surface area contributed by atoms with Gasteiger partial charge in [0.1, 0.15) is 0 Å². The van der Waals surface area contributed by atoms with Crippen LogP contribution in [0, 0.1) is 0 Å². The Labute approximate surface area is 116 Å². The summed E-state index contributed by atoms with van der Waals surface area (Å²) in [4.78, 5) is 12.0. The molecule has 3 rings (SSSR count). The van der Waals surface area contributed by atoms with E-state index in [-0.39, 0.29) is 17.6 Å². The monoisotopic (exact) mass is 266 g/mol. The average molecular weight is 266 g/mol. The molecule has 1 amide bonds. The molecular formula is C15H14N4O. The third-order valence-electron chi connectivity index (χ3n) is 3.29. The van der Waals surface area contributed by atoms with Gasteiger partial charge in [-0.3, -0.25) is 4.79 Å². The van der Waals surface area contributed by atoms with E-state index in [0.29, 0.717) is 0 Å². The molecule has 0 radical (unpaired) electrons. The number of carbonyl (C=O) groups is 1. The summed E-state index contributed by atoms with van der Waals surface area (Å²) >= 11 is 0. The second-order valence-corrected chi connectivity index (χ2v) is 4.62. The fourth-order valence-electron chi connectivity index (χ4n) is 2.29. The molecule has 0 saturated carbocycles. The van der Waals surface area contributed by atoms with Crippen LogP contribution >= 0.6 is 0 Å². The summed E-state index contributed by atoms with van der Waals surface area (Å²) in [5, 5.41) is 15.1. The van der Waals surface area contributed by atoms with Crippen LogP contribution in [0.2, 0.25) is 0 Å². The van der Waals surface area contributed by atoms with E-state index < -0.39 is 0 Å². The zero-order chi connectivity index (χ0) is 13.9. The van der Waals surface area contributed by atoms with Crippen molar-refractivity contribution >= 4 is 16.7 Å². The molecule has 1 atom stereocenters. The first-order valence-corrected chi connectivity index (χ1v) is 6.40. The van der Waals surface area contributed by atoms with Crippen LogP contribution in [-0.2, 0) is 0 Å². The molecule has 2 aromatic carbocycles. The van der Waals surface area contributed by atoms with Gasteiger partial charge in [-0.2, -0.15) is 15.4 Å². The van der Waals surface area contributed by atoms with Crippen molar-refractivity contribution in [1.82, 2.24) is 20.7 Å². The lowest BCUT2D eigenvalue weighted by Crippen LogP contribution is -2.27. The zero-order valence-corrected chi connectivity index (χ0v) is 11.0. The molecule has 1 unspecified atom stereocenters. The van der Waals surface area contributed by atoms with Crippen LogP contribution in [0.1, 0.15) is 29.0 Å². The molecule has 3 aromatic rings. The minimum atomic E-state index is -0.237. The van der Waals surface area contributed by atoms with Gasteiger partial charge in [0, 0.05) is 0 Å². The van der Waals surface area contributed by atoms with Crippen LogP contribution in [0.3, 0.4) is 0 Å². The van der Waals surface area contributed by atoms with Crippen molar-refractivity contribution in [3.05, 3.63) is 59.9 Å². The third-order valence-corrected chi connectivity index (χ3v) is 3.29. The predicted octanol–water partition coefficient (Wildman–Crippen LogP) is 2.45. The van der Waals surface area contributed by atoms with Crippen LogP contribution in [0.5, 0.6) is 0 Å². The third kappa shape index (κ3) is 2.25. The lowest BCUT2D eigenvalue weighted by molar-refractivity contribution is 0.0935. The Hall–Kier alpha value is -2.69. The van der Waals surface area contributed by atoms with Gasteiger partial charge in [0.05, 0.1) is 12.2 Å². The highest BCUT2D eigenvalue weighted by Crippen LogP contribution is 2.24. The maximum absolute atomic E-state index is 12.0. The fraction of sp³-hybridized carbons (Fsp3) is 0.133. The number of hydrogen-bond donors (Lipinski definition) is 2. The summed E-state index contributed by atoms with van der Waals surface area (Å²) in [5.74, 6) is -0.237. The molecule has 20 heavy (non-hydrogen) atoms. The SMILES string of the molecule is CC(NC(=O)c1cn[nH]n1)c1cccc2ccccc12. The molecule has 100 valence electrons. The Morgan fingerprint density at radius 1 is 1.20 bits per heavy atom. The molecule has 0 bridgehead atoms. The van der Waals surface area contributed by atoms with Gasteiger partial charge in [-0.05, 0) is 23.3 Å². The molecule has 1 aromatic heterocycles. The number of aromatic nitrogens is 3. The van der Waals surface area contributed by atoms with Gasteiger partial charge in [-0.15, -0.1) is 0 Å². The number of aromatic amines is 1. The average Bonchev–Trinajstić information content (AvgIpc) is 3.01. The lowest BCUT2D eigenvalue weighted by atomic mass is 9.99. The quantitative estimate of drug-likeness (QED) is 0.765. The molecule has 0 saturated heterocycles. The highest BCUT2D eigenvalue weighted by Gasteiger charge is 2.15. The van der Waals surface area contributed by atoms with Crippen molar-refractivity contribution in [2.75, 3.05) is 0 Å². The summed E-state index contributed by atoms with van der Waals surface area (Å²) < 4.78 is 0. The van der Waals surface area contributed by atoms with E-state index in [0.717, 1.165) is 16.3 Å². The van der Waals surface area contributed by atoms with E-state index in [9.17, 15) is 4.79 Å². The van der Waals surface area contributed by atoms with E-state index in [1.807, 2.05) is 31.2 Å². The Morgan fingerprint density at radius 3 is 2.80 bits per heavy atom. The summed E-state index contributed by atoms with van der Waals surface area (Å²) in [5.41, 5.74) is 1.37. The molecule has 0 spiro atoms. The number of fused-ring (bicyclic) bond motifs is 1. The standard InChI is InChI=1S/C15H14N4O/c1-10(17-15(20)14-9-16-19-18-14)12-8-4-6-11-5-2-3-7-13(11)12/h2-10H,1H3,(H,17,20)(H,16,18,19). The summed E-state index contributed by atoms with van der Waals surface area (Å²) in [6.07, 6.45) is 1.41. The van der Waals surface area contributed by atoms with Crippen LogP contribution in [-0.4, -0.2) is 21.3 Å². The Bertz CT molecular complexity index is 731. The van der Waals surface area contributed by atoms with Crippen molar-refractivity contribution in [2.45, 2.75) is 13.0 Å². The highest BCUT2D eigenvalue weighted by atomic mass is 16.2.